The molecule has 0 unspecified atom stereocenters. The minimum absolute atomic E-state index is 0.0127. The Balaban J connectivity index is 1.73. The van der Waals surface area contributed by atoms with Crippen molar-refractivity contribution < 1.29 is 14.0 Å². The van der Waals surface area contributed by atoms with Crippen molar-refractivity contribution in [1.82, 2.24) is 35.0 Å². The molecule has 1 N–H and O–H groups in total. The van der Waals surface area contributed by atoms with Crippen LogP contribution in [-0.2, 0) is 13.1 Å². The summed E-state index contributed by atoms with van der Waals surface area (Å²) < 4.78 is 17.1. The van der Waals surface area contributed by atoms with Crippen molar-refractivity contribution in [2.45, 2.75) is 58.5 Å². The third-order valence-electron chi connectivity index (χ3n) is 4.45. The van der Waals surface area contributed by atoms with Crippen molar-refractivity contribution in [2.75, 3.05) is 6.54 Å². The third kappa shape index (κ3) is 4.15. The van der Waals surface area contributed by atoms with Gasteiger partial charge in [0.1, 0.15) is 11.9 Å². The second-order valence-electron chi connectivity index (χ2n) is 6.93. The first-order valence-corrected chi connectivity index (χ1v) is 9.06. The number of aryl methyl sites for hydroxylation is 1. The van der Waals surface area contributed by atoms with Crippen LogP contribution in [0.5, 0.6) is 0 Å². The van der Waals surface area contributed by atoms with Crippen LogP contribution in [0.2, 0.25) is 0 Å². The maximum absolute atomic E-state index is 14.1. The Kier molecular flexibility index (Phi) is 5.52. The summed E-state index contributed by atoms with van der Waals surface area (Å²) in [6.07, 6.45) is 2.21. The van der Waals surface area contributed by atoms with Crippen LogP contribution in [-0.4, -0.2) is 66.3 Å². The maximum atomic E-state index is 14.1. The molecular formula is C17H24FN7O2. The average Bonchev–Trinajstić information content (AvgIpc) is 3.33. The van der Waals surface area contributed by atoms with Crippen molar-refractivity contribution in [1.29, 1.82) is 0 Å². The number of nitrogens with zero attached hydrogens (tertiary/aromatic N) is 6. The lowest BCUT2D eigenvalue weighted by atomic mass is 10.2. The molecule has 10 heteroatoms. The summed E-state index contributed by atoms with van der Waals surface area (Å²) in [7, 11) is 0. The molecule has 0 aliphatic carbocycles. The largest absolute Gasteiger partial charge is 0.348 e. The number of aromatic nitrogens is 5. The summed E-state index contributed by atoms with van der Waals surface area (Å²) in [6, 6.07) is 1.26. The van der Waals surface area contributed by atoms with Gasteiger partial charge in [-0.3, -0.25) is 14.3 Å². The Morgan fingerprint density at radius 2 is 2.19 bits per heavy atom. The van der Waals surface area contributed by atoms with E-state index in [9.17, 15) is 14.0 Å². The summed E-state index contributed by atoms with van der Waals surface area (Å²) in [5, 5.41) is 14.7. The van der Waals surface area contributed by atoms with Gasteiger partial charge in [-0.25, -0.2) is 9.07 Å². The Labute approximate surface area is 156 Å². The van der Waals surface area contributed by atoms with Crippen molar-refractivity contribution in [3.05, 3.63) is 29.8 Å². The zero-order chi connectivity index (χ0) is 19.6. The predicted octanol–water partition coefficient (Wildman–Crippen LogP) is 0.885. The number of alkyl halides is 1. The first kappa shape index (κ1) is 19.0. The number of carbonyl (C=O) groups is 2. The molecule has 1 aliphatic heterocycles. The van der Waals surface area contributed by atoms with Crippen LogP contribution >= 0.6 is 0 Å². The fraction of sp³-hybridized carbons (Fsp3) is 0.588. The van der Waals surface area contributed by atoms with Crippen LogP contribution in [0.3, 0.4) is 0 Å². The van der Waals surface area contributed by atoms with E-state index in [1.54, 1.807) is 16.9 Å². The highest BCUT2D eigenvalue weighted by molar-refractivity contribution is 5.93. The molecule has 0 saturated carbocycles. The van der Waals surface area contributed by atoms with Crippen LogP contribution in [0, 0.1) is 0 Å². The Hall–Kier alpha value is -2.78. The molecule has 2 atom stereocenters. The van der Waals surface area contributed by atoms with E-state index in [4.69, 9.17) is 0 Å². The maximum Gasteiger partial charge on any atom is 0.273 e. The van der Waals surface area contributed by atoms with E-state index in [2.05, 4.69) is 20.7 Å². The van der Waals surface area contributed by atoms with Gasteiger partial charge in [-0.1, -0.05) is 5.21 Å². The van der Waals surface area contributed by atoms with Gasteiger partial charge in [0.2, 0.25) is 0 Å². The van der Waals surface area contributed by atoms with Gasteiger partial charge in [0.05, 0.1) is 25.3 Å². The summed E-state index contributed by atoms with van der Waals surface area (Å²) >= 11 is 0. The number of hydrogen-bond donors (Lipinski definition) is 1. The quantitative estimate of drug-likeness (QED) is 0.806. The summed E-state index contributed by atoms with van der Waals surface area (Å²) in [5.41, 5.74) is 0.632. The Morgan fingerprint density at radius 1 is 1.41 bits per heavy atom. The van der Waals surface area contributed by atoms with E-state index in [0.29, 0.717) is 12.2 Å². The molecule has 0 spiro atoms. The van der Waals surface area contributed by atoms with Gasteiger partial charge in [0, 0.05) is 25.2 Å². The molecule has 0 radical (unpaired) electrons. The van der Waals surface area contributed by atoms with E-state index in [1.165, 1.54) is 15.8 Å². The predicted molar refractivity (Wildman–Crippen MR) is 94.9 cm³/mol. The highest BCUT2D eigenvalue weighted by atomic mass is 19.1. The highest BCUT2D eigenvalue weighted by Crippen LogP contribution is 2.24. The lowest BCUT2D eigenvalue weighted by Crippen LogP contribution is -2.39. The van der Waals surface area contributed by atoms with Crippen LogP contribution < -0.4 is 5.32 Å². The second kappa shape index (κ2) is 7.85. The molecule has 0 bridgehead atoms. The van der Waals surface area contributed by atoms with E-state index < -0.39 is 6.17 Å². The minimum Gasteiger partial charge on any atom is -0.348 e. The van der Waals surface area contributed by atoms with E-state index in [0.717, 1.165) is 0 Å². The van der Waals surface area contributed by atoms with Crippen molar-refractivity contribution in [2.24, 2.45) is 0 Å². The standard InChI is InChI=1S/C17H24FN7O2/c1-4-25-15(5-6-19-25)17(27)24-8-12(18)7-13(24)9-23-10-14(21-22-23)16(26)20-11(2)3/h5-6,10-13H,4,7-9H2,1-3H3,(H,20,26)/t12-,13-/m0/s1. The zero-order valence-electron chi connectivity index (χ0n) is 15.7. The summed E-state index contributed by atoms with van der Waals surface area (Å²) in [5.74, 6) is -0.566. The first-order valence-electron chi connectivity index (χ1n) is 9.06. The molecule has 0 aromatic carbocycles. The zero-order valence-corrected chi connectivity index (χ0v) is 15.7. The topological polar surface area (TPSA) is 97.9 Å². The number of halogens is 1. The number of carbonyl (C=O) groups excluding carboxylic acids is 2. The molecule has 1 fully saturated rings. The van der Waals surface area contributed by atoms with Crippen LogP contribution in [0.25, 0.3) is 0 Å². The van der Waals surface area contributed by atoms with Gasteiger partial charge in [-0.15, -0.1) is 5.10 Å². The number of hydrogen-bond acceptors (Lipinski definition) is 5. The molecule has 9 nitrogen and oxygen atoms in total. The van der Waals surface area contributed by atoms with Gasteiger partial charge >= 0.3 is 0 Å². The fourth-order valence-corrected chi connectivity index (χ4v) is 3.24. The minimum atomic E-state index is -1.09. The lowest BCUT2D eigenvalue weighted by molar-refractivity contribution is 0.0701. The molecule has 27 heavy (non-hydrogen) atoms. The molecule has 3 rings (SSSR count). The molecule has 1 aliphatic rings. The molecule has 3 heterocycles. The van der Waals surface area contributed by atoms with Gasteiger partial charge < -0.3 is 10.2 Å². The second-order valence-corrected chi connectivity index (χ2v) is 6.93. The number of nitrogens with one attached hydrogen (secondary N) is 1. The van der Waals surface area contributed by atoms with Crippen LogP contribution in [0.4, 0.5) is 4.39 Å². The summed E-state index contributed by atoms with van der Waals surface area (Å²) in [6.45, 7) is 6.47. The monoisotopic (exact) mass is 377 g/mol. The van der Waals surface area contributed by atoms with Gasteiger partial charge in [0.15, 0.2) is 5.69 Å². The van der Waals surface area contributed by atoms with Crippen molar-refractivity contribution in [3.8, 4) is 0 Å². The first-order chi connectivity index (χ1) is 12.9. The summed E-state index contributed by atoms with van der Waals surface area (Å²) in [4.78, 5) is 26.4. The molecule has 2 amide bonds. The number of amides is 2. The Morgan fingerprint density at radius 3 is 2.89 bits per heavy atom. The van der Waals surface area contributed by atoms with E-state index in [-0.39, 0.29) is 49.1 Å². The fourth-order valence-electron chi connectivity index (χ4n) is 3.24. The van der Waals surface area contributed by atoms with Crippen LogP contribution in [0.15, 0.2) is 18.5 Å². The van der Waals surface area contributed by atoms with E-state index in [1.807, 2.05) is 20.8 Å². The lowest BCUT2D eigenvalue weighted by Gasteiger charge is -2.24. The SMILES string of the molecule is CCn1nccc1C(=O)N1C[C@@H](F)C[C@H]1Cn1cc(C(=O)NC(C)C)nn1. The van der Waals surface area contributed by atoms with E-state index >= 15 is 0 Å². The number of rotatable bonds is 6. The molecule has 2 aromatic heterocycles. The van der Waals surface area contributed by atoms with Crippen molar-refractivity contribution in [3.63, 3.8) is 0 Å². The molecule has 1 saturated heterocycles. The van der Waals surface area contributed by atoms with Gasteiger partial charge in [-0.05, 0) is 26.8 Å². The smallest absolute Gasteiger partial charge is 0.273 e. The van der Waals surface area contributed by atoms with Crippen molar-refractivity contribution >= 4 is 11.8 Å². The Bertz CT molecular complexity index is 816. The normalized spacial score (nSPS) is 19.7. The third-order valence-corrected chi connectivity index (χ3v) is 4.45. The average molecular weight is 377 g/mol. The van der Waals surface area contributed by atoms with Crippen LogP contribution in [0.1, 0.15) is 48.2 Å². The van der Waals surface area contributed by atoms with Gasteiger partial charge in [0.25, 0.3) is 11.8 Å². The molecule has 146 valence electrons. The highest BCUT2D eigenvalue weighted by Gasteiger charge is 2.37. The molecular weight excluding hydrogens is 353 g/mol. The molecule has 2 aromatic rings. The van der Waals surface area contributed by atoms with Gasteiger partial charge in [-0.2, -0.15) is 5.10 Å². The number of likely N-dealkylation sites (tertiary alicyclic amines) is 1.